The van der Waals surface area contributed by atoms with Crippen LogP contribution in [0.15, 0.2) is 6.07 Å². The molecule has 0 amide bonds. The van der Waals surface area contributed by atoms with Crippen LogP contribution in [0, 0.1) is 30.1 Å². The number of hydrogen-bond donors (Lipinski definition) is 2. The standard InChI is InChI=1S/C26H34Cl2O5/c1-12-7-8-18(27)24(3,4)16(12)11-26-15(10-19(28)25(5,6)33-26)22(31)20-14(23(26)32)9-17(29)13(2)21(20)30/h9,12,15-16,18-19,29-30H,7-8,10-11H2,1-6H3. The van der Waals surface area contributed by atoms with Gasteiger partial charge in [-0.3, -0.25) is 9.59 Å². The van der Waals surface area contributed by atoms with Crippen LogP contribution in [0.25, 0.3) is 0 Å². The number of phenolic OH excluding ortho intramolecular Hbond substituents is 2. The number of alkyl halides is 2. The van der Waals surface area contributed by atoms with Crippen LogP contribution in [0.1, 0.15) is 86.6 Å². The number of aromatic hydroxyl groups is 2. The molecule has 7 heteroatoms. The first-order chi connectivity index (χ1) is 15.1. The molecule has 1 aromatic carbocycles. The second-order valence-electron chi connectivity index (χ2n) is 11.5. The molecule has 182 valence electrons. The van der Waals surface area contributed by atoms with Gasteiger partial charge in [-0.2, -0.15) is 0 Å². The lowest BCUT2D eigenvalue weighted by molar-refractivity contribution is -0.181. The molecule has 6 atom stereocenters. The molecule has 4 rings (SSSR count). The molecule has 2 N–H and O–H groups in total. The number of carbonyl (C=O) groups is 2. The van der Waals surface area contributed by atoms with E-state index >= 15 is 0 Å². The van der Waals surface area contributed by atoms with E-state index in [2.05, 4.69) is 20.8 Å². The number of ether oxygens (including phenoxy) is 1. The molecule has 0 aromatic heterocycles. The Morgan fingerprint density at radius 3 is 2.36 bits per heavy atom. The predicted octanol–water partition coefficient (Wildman–Crippen LogP) is 6.02. The quantitative estimate of drug-likeness (QED) is 0.489. The fraction of sp³-hybridized carbons (Fsp3) is 0.692. The number of Topliss-reactive ketones (excluding diaryl/α,β-unsaturated/α-hetero) is 2. The Labute approximate surface area is 205 Å². The lowest BCUT2D eigenvalue weighted by Crippen LogP contribution is -2.66. The number of rotatable bonds is 2. The molecule has 1 aliphatic heterocycles. The summed E-state index contributed by atoms with van der Waals surface area (Å²) in [6.07, 6.45) is 2.44. The largest absolute Gasteiger partial charge is 0.508 e. The molecule has 33 heavy (non-hydrogen) atoms. The summed E-state index contributed by atoms with van der Waals surface area (Å²) >= 11 is 13.4. The molecular formula is C26H34Cl2O5. The average Bonchev–Trinajstić information content (AvgIpc) is 2.72. The molecule has 1 heterocycles. The molecule has 2 aliphatic carbocycles. The van der Waals surface area contributed by atoms with E-state index in [9.17, 15) is 19.8 Å². The van der Waals surface area contributed by atoms with E-state index in [4.69, 9.17) is 27.9 Å². The van der Waals surface area contributed by atoms with Crippen molar-refractivity contribution < 1.29 is 24.5 Å². The van der Waals surface area contributed by atoms with Crippen LogP contribution < -0.4 is 0 Å². The third-order valence-corrected chi connectivity index (χ3v) is 10.3. The number of phenols is 2. The van der Waals surface area contributed by atoms with Gasteiger partial charge in [-0.1, -0.05) is 20.8 Å². The summed E-state index contributed by atoms with van der Waals surface area (Å²) in [7, 11) is 0. The van der Waals surface area contributed by atoms with Gasteiger partial charge in [-0.15, -0.1) is 23.2 Å². The van der Waals surface area contributed by atoms with Crippen molar-refractivity contribution in [3.63, 3.8) is 0 Å². The smallest absolute Gasteiger partial charge is 0.196 e. The summed E-state index contributed by atoms with van der Waals surface area (Å²) in [5, 5.41) is 20.5. The lowest BCUT2D eigenvalue weighted by Gasteiger charge is -2.56. The number of benzene rings is 1. The first-order valence-corrected chi connectivity index (χ1v) is 12.6. The minimum atomic E-state index is -1.43. The number of fused-ring (bicyclic) bond motifs is 2. The van der Waals surface area contributed by atoms with E-state index in [0.29, 0.717) is 6.42 Å². The van der Waals surface area contributed by atoms with Gasteiger partial charge in [0.1, 0.15) is 17.1 Å². The van der Waals surface area contributed by atoms with Crippen molar-refractivity contribution in [3.05, 3.63) is 22.8 Å². The summed E-state index contributed by atoms with van der Waals surface area (Å²) < 4.78 is 6.60. The lowest BCUT2D eigenvalue weighted by atomic mass is 9.56. The fourth-order valence-electron chi connectivity index (χ4n) is 6.41. The normalized spacial score (nSPS) is 37.4. The molecule has 0 bridgehead atoms. The number of carbonyl (C=O) groups excluding carboxylic acids is 2. The second-order valence-corrected chi connectivity index (χ2v) is 12.5. The zero-order chi connectivity index (χ0) is 24.7. The van der Waals surface area contributed by atoms with Crippen molar-refractivity contribution in [2.75, 3.05) is 0 Å². The van der Waals surface area contributed by atoms with Crippen LogP contribution in [0.4, 0.5) is 0 Å². The highest BCUT2D eigenvalue weighted by molar-refractivity contribution is 6.24. The van der Waals surface area contributed by atoms with E-state index in [-0.39, 0.29) is 68.8 Å². The Bertz CT molecular complexity index is 1020. The molecule has 0 spiro atoms. The Hall–Kier alpha value is -1.30. The molecule has 1 saturated heterocycles. The van der Waals surface area contributed by atoms with E-state index in [1.807, 2.05) is 13.8 Å². The summed E-state index contributed by atoms with van der Waals surface area (Å²) in [6, 6.07) is 1.30. The summed E-state index contributed by atoms with van der Waals surface area (Å²) in [6.45, 7) is 11.6. The monoisotopic (exact) mass is 496 g/mol. The minimum absolute atomic E-state index is 0.0179. The Morgan fingerprint density at radius 1 is 1.09 bits per heavy atom. The highest BCUT2D eigenvalue weighted by atomic mass is 35.5. The number of halogens is 2. The fourth-order valence-corrected chi connectivity index (χ4v) is 6.92. The molecule has 3 aliphatic rings. The highest BCUT2D eigenvalue weighted by Crippen LogP contribution is 2.57. The zero-order valence-corrected chi connectivity index (χ0v) is 21.7. The van der Waals surface area contributed by atoms with Gasteiger partial charge in [-0.05, 0) is 69.8 Å². The van der Waals surface area contributed by atoms with Gasteiger partial charge in [-0.25, -0.2) is 0 Å². The van der Waals surface area contributed by atoms with Crippen LogP contribution in [0.5, 0.6) is 11.5 Å². The van der Waals surface area contributed by atoms with Crippen molar-refractivity contribution in [3.8, 4) is 11.5 Å². The maximum Gasteiger partial charge on any atom is 0.196 e. The van der Waals surface area contributed by atoms with Crippen LogP contribution >= 0.6 is 23.2 Å². The van der Waals surface area contributed by atoms with Gasteiger partial charge in [0.05, 0.1) is 22.5 Å². The highest BCUT2D eigenvalue weighted by Gasteiger charge is 2.64. The molecule has 6 unspecified atom stereocenters. The van der Waals surface area contributed by atoms with E-state index in [1.165, 1.54) is 13.0 Å². The third-order valence-electron chi connectivity index (χ3n) is 8.77. The molecule has 1 aromatic rings. The van der Waals surface area contributed by atoms with Gasteiger partial charge in [0.25, 0.3) is 0 Å². The number of ketones is 2. The topological polar surface area (TPSA) is 83.8 Å². The molecule has 1 saturated carbocycles. The summed E-state index contributed by atoms with van der Waals surface area (Å²) in [5.74, 6) is -1.79. The van der Waals surface area contributed by atoms with Crippen molar-refractivity contribution in [1.82, 2.24) is 0 Å². The molecule has 5 nitrogen and oxygen atoms in total. The molecule has 2 fully saturated rings. The minimum Gasteiger partial charge on any atom is -0.508 e. The molecule has 0 radical (unpaired) electrons. The van der Waals surface area contributed by atoms with E-state index in [0.717, 1.165) is 12.8 Å². The maximum atomic E-state index is 14.2. The van der Waals surface area contributed by atoms with Gasteiger partial charge in [0.15, 0.2) is 11.6 Å². The van der Waals surface area contributed by atoms with Gasteiger partial charge < -0.3 is 14.9 Å². The van der Waals surface area contributed by atoms with E-state index in [1.54, 1.807) is 0 Å². The maximum absolute atomic E-state index is 14.2. The van der Waals surface area contributed by atoms with Crippen LogP contribution in [0.2, 0.25) is 0 Å². The Balaban J connectivity index is 1.92. The van der Waals surface area contributed by atoms with E-state index < -0.39 is 22.5 Å². The second kappa shape index (κ2) is 7.86. The number of hydrogen-bond acceptors (Lipinski definition) is 5. The van der Waals surface area contributed by atoms with Gasteiger partial charge in [0, 0.05) is 16.5 Å². The van der Waals surface area contributed by atoms with Crippen molar-refractivity contribution in [1.29, 1.82) is 0 Å². The summed E-state index contributed by atoms with van der Waals surface area (Å²) in [5.41, 5.74) is -2.39. The SMILES string of the molecule is Cc1c(O)cc2c(c1O)C(=O)C1CC(Cl)C(C)(C)OC1(CC1C(C)CCC(Cl)C1(C)C)C2=O. The Morgan fingerprint density at radius 2 is 1.73 bits per heavy atom. The van der Waals surface area contributed by atoms with Crippen LogP contribution in [0.3, 0.4) is 0 Å². The van der Waals surface area contributed by atoms with Gasteiger partial charge in [0.2, 0.25) is 0 Å². The van der Waals surface area contributed by atoms with Crippen molar-refractivity contribution >= 4 is 34.8 Å². The van der Waals surface area contributed by atoms with Crippen LogP contribution in [-0.2, 0) is 4.74 Å². The van der Waals surface area contributed by atoms with Crippen molar-refractivity contribution in [2.45, 2.75) is 89.2 Å². The average molecular weight is 497 g/mol. The predicted molar refractivity (Wildman–Crippen MR) is 129 cm³/mol. The van der Waals surface area contributed by atoms with Gasteiger partial charge >= 0.3 is 0 Å². The first kappa shape index (κ1) is 24.8. The van der Waals surface area contributed by atoms with Crippen LogP contribution in [-0.4, -0.2) is 43.7 Å². The Kier molecular flexibility index (Phi) is 5.91. The third kappa shape index (κ3) is 3.52. The van der Waals surface area contributed by atoms with Crippen molar-refractivity contribution in [2.24, 2.45) is 23.2 Å². The zero-order valence-electron chi connectivity index (χ0n) is 20.2. The summed E-state index contributed by atoms with van der Waals surface area (Å²) in [4.78, 5) is 28.1. The molecular weight excluding hydrogens is 463 g/mol. The first-order valence-electron chi connectivity index (χ1n) is 11.8.